The van der Waals surface area contributed by atoms with E-state index in [0.29, 0.717) is 39.0 Å². The van der Waals surface area contributed by atoms with Crippen LogP contribution in [0, 0.1) is 0 Å². The normalized spacial score (nSPS) is 11.1. The van der Waals surface area contributed by atoms with Crippen molar-refractivity contribution in [2.45, 2.75) is 24.3 Å². The number of aryl methyl sites for hydroxylation is 1. The van der Waals surface area contributed by atoms with Crippen molar-refractivity contribution >= 4 is 28.1 Å². The van der Waals surface area contributed by atoms with Crippen LogP contribution in [0.15, 0.2) is 38.7 Å². The van der Waals surface area contributed by atoms with E-state index in [9.17, 15) is 4.79 Å². The van der Waals surface area contributed by atoms with E-state index in [1.54, 1.807) is 26.4 Å². The van der Waals surface area contributed by atoms with Gasteiger partial charge in [-0.1, -0.05) is 30.0 Å². The van der Waals surface area contributed by atoms with Gasteiger partial charge in [-0.05, 0) is 24.6 Å². The van der Waals surface area contributed by atoms with E-state index in [-0.39, 0.29) is 5.56 Å². The summed E-state index contributed by atoms with van der Waals surface area (Å²) >= 11 is 2.73. The Morgan fingerprint density at radius 2 is 2.00 bits per heavy atom. The lowest BCUT2D eigenvalue weighted by molar-refractivity contribution is 0.355. The van der Waals surface area contributed by atoms with Crippen LogP contribution in [0.1, 0.15) is 17.6 Å². The second kappa shape index (κ2) is 8.21. The third kappa shape index (κ3) is 3.96. The second-order valence-electron chi connectivity index (χ2n) is 5.86. The number of fused-ring (bicyclic) bond motifs is 1. The Balaban J connectivity index is 1.51. The molecule has 4 aromatic rings. The summed E-state index contributed by atoms with van der Waals surface area (Å²) in [4.78, 5) is 17.3. The number of hydrogen-bond acceptors (Lipinski definition) is 10. The molecule has 0 bridgehead atoms. The van der Waals surface area contributed by atoms with Gasteiger partial charge in [0.05, 0.1) is 19.9 Å². The Kier molecular flexibility index (Phi) is 5.49. The van der Waals surface area contributed by atoms with Gasteiger partial charge < -0.3 is 13.9 Å². The van der Waals surface area contributed by atoms with Gasteiger partial charge in [-0.25, -0.2) is 4.98 Å². The minimum atomic E-state index is -0.196. The molecular formula is C18H17N5O4S2. The molecule has 9 nitrogen and oxygen atoms in total. The molecular weight excluding hydrogens is 414 g/mol. The molecule has 0 aliphatic rings. The van der Waals surface area contributed by atoms with Gasteiger partial charge in [-0.2, -0.15) is 9.61 Å². The largest absolute Gasteiger partial charge is 0.493 e. The summed E-state index contributed by atoms with van der Waals surface area (Å²) in [5, 5.41) is 13.6. The number of rotatable bonds is 7. The van der Waals surface area contributed by atoms with Gasteiger partial charge in [0.25, 0.3) is 10.8 Å². The van der Waals surface area contributed by atoms with E-state index in [1.807, 2.05) is 13.0 Å². The summed E-state index contributed by atoms with van der Waals surface area (Å²) in [5.41, 5.74) is 1.16. The van der Waals surface area contributed by atoms with Gasteiger partial charge in [0.15, 0.2) is 11.5 Å². The summed E-state index contributed by atoms with van der Waals surface area (Å²) in [6, 6.07) is 6.84. The molecule has 0 amide bonds. The zero-order valence-corrected chi connectivity index (χ0v) is 17.5. The van der Waals surface area contributed by atoms with Crippen LogP contribution in [0.5, 0.6) is 11.5 Å². The fraction of sp³-hybridized carbons (Fsp3) is 0.278. The number of methoxy groups -OCH3 is 2. The first-order valence-corrected chi connectivity index (χ1v) is 10.5. The van der Waals surface area contributed by atoms with Gasteiger partial charge in [0, 0.05) is 17.4 Å². The summed E-state index contributed by atoms with van der Waals surface area (Å²) in [7, 11) is 3.14. The van der Waals surface area contributed by atoms with Gasteiger partial charge in [-0.15, -0.1) is 10.2 Å². The van der Waals surface area contributed by atoms with E-state index in [4.69, 9.17) is 13.9 Å². The van der Waals surface area contributed by atoms with Crippen LogP contribution >= 0.6 is 23.1 Å². The van der Waals surface area contributed by atoms with Crippen molar-refractivity contribution in [3.05, 3.63) is 45.3 Å². The van der Waals surface area contributed by atoms with Crippen molar-refractivity contribution in [3.63, 3.8) is 0 Å². The first-order chi connectivity index (χ1) is 14.1. The first kappa shape index (κ1) is 19.4. The molecule has 0 saturated carbocycles. The van der Waals surface area contributed by atoms with Crippen LogP contribution in [0.2, 0.25) is 0 Å². The second-order valence-corrected chi connectivity index (χ2v) is 7.83. The molecule has 0 N–H and O–H groups in total. The minimum Gasteiger partial charge on any atom is -0.493 e. The fourth-order valence-electron chi connectivity index (χ4n) is 2.60. The van der Waals surface area contributed by atoms with Crippen molar-refractivity contribution in [3.8, 4) is 23.0 Å². The summed E-state index contributed by atoms with van der Waals surface area (Å²) in [5.74, 6) is 1.99. The zero-order valence-electron chi connectivity index (χ0n) is 15.9. The Morgan fingerprint density at radius 1 is 1.17 bits per heavy atom. The average molecular weight is 431 g/mol. The molecule has 150 valence electrons. The van der Waals surface area contributed by atoms with Crippen molar-refractivity contribution < 1.29 is 13.9 Å². The monoisotopic (exact) mass is 431 g/mol. The molecule has 0 aliphatic heterocycles. The average Bonchev–Trinajstić information content (AvgIpc) is 3.39. The molecule has 3 heterocycles. The summed E-state index contributed by atoms with van der Waals surface area (Å²) in [6.45, 7) is 1.99. The number of benzene rings is 1. The lowest BCUT2D eigenvalue weighted by Crippen LogP contribution is -2.15. The van der Waals surface area contributed by atoms with Crippen LogP contribution < -0.4 is 15.0 Å². The quantitative estimate of drug-likeness (QED) is 0.408. The Bertz CT molecular complexity index is 1220. The van der Waals surface area contributed by atoms with Crippen molar-refractivity contribution in [2.24, 2.45) is 0 Å². The van der Waals surface area contributed by atoms with Gasteiger partial charge in [-0.3, -0.25) is 4.79 Å². The summed E-state index contributed by atoms with van der Waals surface area (Å²) < 4.78 is 17.6. The SMILES string of the molecule is CCc1nn2c(=O)cc(CSc3nnc(-c4ccc(OC)c(OC)c4)o3)nc2s1. The molecule has 0 unspecified atom stereocenters. The molecule has 0 radical (unpaired) electrons. The third-order valence-electron chi connectivity index (χ3n) is 4.02. The molecule has 0 atom stereocenters. The molecule has 4 rings (SSSR count). The van der Waals surface area contributed by atoms with E-state index >= 15 is 0 Å². The minimum absolute atomic E-state index is 0.196. The molecule has 29 heavy (non-hydrogen) atoms. The maximum absolute atomic E-state index is 12.2. The van der Waals surface area contributed by atoms with Crippen molar-refractivity contribution in [1.29, 1.82) is 0 Å². The lowest BCUT2D eigenvalue weighted by atomic mass is 10.2. The Morgan fingerprint density at radius 3 is 2.76 bits per heavy atom. The van der Waals surface area contributed by atoms with Gasteiger partial charge in [0.2, 0.25) is 10.9 Å². The highest BCUT2D eigenvalue weighted by atomic mass is 32.2. The molecule has 0 spiro atoms. The fourth-order valence-corrected chi connectivity index (χ4v) is 4.12. The molecule has 0 fully saturated rings. The Hall–Kier alpha value is -2.92. The van der Waals surface area contributed by atoms with Gasteiger partial charge >= 0.3 is 0 Å². The standard InChI is InChI=1S/C18H17N5O4S2/c1-4-14-22-23-15(24)8-11(19-17(23)29-14)9-28-18-21-20-16(27-18)10-5-6-12(25-2)13(7-10)26-3/h5-8H,4,9H2,1-3H3. The van der Waals surface area contributed by atoms with Crippen LogP contribution in [0.4, 0.5) is 0 Å². The van der Waals surface area contributed by atoms with Crippen molar-refractivity contribution in [1.82, 2.24) is 24.8 Å². The molecule has 3 aromatic heterocycles. The molecule has 11 heteroatoms. The number of aromatic nitrogens is 5. The highest BCUT2D eigenvalue weighted by molar-refractivity contribution is 7.98. The Labute approximate surface area is 173 Å². The van der Waals surface area contributed by atoms with E-state index < -0.39 is 0 Å². The zero-order chi connectivity index (χ0) is 20.4. The van der Waals surface area contributed by atoms with Gasteiger partial charge in [0.1, 0.15) is 5.01 Å². The van der Waals surface area contributed by atoms with E-state index in [0.717, 1.165) is 17.0 Å². The number of hydrogen-bond donors (Lipinski definition) is 0. The van der Waals surface area contributed by atoms with Crippen LogP contribution in [-0.4, -0.2) is 39.0 Å². The van der Waals surface area contributed by atoms with Crippen LogP contribution in [0.25, 0.3) is 16.4 Å². The molecule has 1 aromatic carbocycles. The van der Waals surface area contributed by atoms with E-state index in [1.165, 1.54) is 33.7 Å². The highest BCUT2D eigenvalue weighted by Crippen LogP contribution is 2.33. The maximum atomic E-state index is 12.2. The maximum Gasteiger partial charge on any atom is 0.277 e. The number of nitrogens with zero attached hydrogens (tertiary/aromatic N) is 5. The van der Waals surface area contributed by atoms with Crippen molar-refractivity contribution in [2.75, 3.05) is 14.2 Å². The molecule has 0 aliphatic carbocycles. The highest BCUT2D eigenvalue weighted by Gasteiger charge is 2.14. The molecule has 0 saturated heterocycles. The van der Waals surface area contributed by atoms with Crippen LogP contribution in [0.3, 0.4) is 0 Å². The first-order valence-electron chi connectivity index (χ1n) is 8.68. The van der Waals surface area contributed by atoms with E-state index in [2.05, 4.69) is 20.3 Å². The topological polar surface area (TPSA) is 105 Å². The van der Waals surface area contributed by atoms with Crippen LogP contribution in [-0.2, 0) is 12.2 Å². The summed E-state index contributed by atoms with van der Waals surface area (Å²) in [6.07, 6.45) is 0.762. The number of ether oxygens (including phenoxy) is 2. The predicted molar refractivity (Wildman–Crippen MR) is 109 cm³/mol. The lowest BCUT2D eigenvalue weighted by Gasteiger charge is -2.07. The smallest absolute Gasteiger partial charge is 0.277 e. The third-order valence-corrected chi connectivity index (χ3v) is 5.93. The predicted octanol–water partition coefficient (Wildman–Crippen LogP) is 3.07. The number of thioether (sulfide) groups is 1.